The summed E-state index contributed by atoms with van der Waals surface area (Å²) in [6, 6.07) is -0.682. The summed E-state index contributed by atoms with van der Waals surface area (Å²) >= 11 is 0. The topological polar surface area (TPSA) is 72.9 Å². The van der Waals surface area contributed by atoms with E-state index in [1.54, 1.807) is 4.90 Å². The van der Waals surface area contributed by atoms with Crippen LogP contribution >= 0.6 is 0 Å². The van der Waals surface area contributed by atoms with Crippen molar-refractivity contribution in [3.63, 3.8) is 0 Å². The van der Waals surface area contributed by atoms with Gasteiger partial charge in [0.15, 0.2) is 0 Å². The van der Waals surface area contributed by atoms with Gasteiger partial charge in [-0.15, -0.1) is 0 Å². The number of rotatable bonds is 5. The maximum absolute atomic E-state index is 12.1. The van der Waals surface area contributed by atoms with Crippen LogP contribution in [0.4, 0.5) is 4.79 Å². The molecule has 2 atom stereocenters. The number of nitrogens with one attached hydrogen (secondary N) is 1. The fourth-order valence-corrected chi connectivity index (χ4v) is 2.35. The summed E-state index contributed by atoms with van der Waals surface area (Å²) in [5, 5.41) is 11.7. The number of piperidine rings is 1. The Balaban J connectivity index is 2.54. The fourth-order valence-electron chi connectivity index (χ4n) is 2.35. The predicted octanol–water partition coefficient (Wildman–Crippen LogP) is 0.975. The number of carbonyl (C=O) groups excluding carboxylic acids is 1. The van der Waals surface area contributed by atoms with Gasteiger partial charge in [-0.05, 0) is 33.4 Å². The fraction of sp³-hybridized carbons (Fsp3) is 0.846. The highest BCUT2D eigenvalue weighted by atomic mass is 16.4. The predicted molar refractivity (Wildman–Crippen MR) is 73.1 cm³/mol. The second-order valence-electron chi connectivity index (χ2n) is 5.33. The van der Waals surface area contributed by atoms with Crippen molar-refractivity contribution in [2.75, 3.05) is 27.2 Å². The van der Waals surface area contributed by atoms with Gasteiger partial charge in [0.2, 0.25) is 0 Å². The summed E-state index contributed by atoms with van der Waals surface area (Å²) < 4.78 is 0. The first-order chi connectivity index (χ1) is 8.95. The third-order valence-corrected chi connectivity index (χ3v) is 3.59. The molecule has 2 N–H and O–H groups in total. The minimum Gasteiger partial charge on any atom is -0.480 e. The van der Waals surface area contributed by atoms with Crippen molar-refractivity contribution in [2.45, 2.75) is 44.7 Å². The lowest BCUT2D eigenvalue weighted by molar-refractivity contribution is -0.139. The number of likely N-dealkylation sites (tertiary alicyclic amines) is 1. The van der Waals surface area contributed by atoms with Gasteiger partial charge in [0.05, 0.1) is 0 Å². The highest BCUT2D eigenvalue weighted by Crippen LogP contribution is 2.14. The molecule has 2 unspecified atom stereocenters. The summed E-state index contributed by atoms with van der Waals surface area (Å²) in [6.45, 7) is 3.27. The van der Waals surface area contributed by atoms with Crippen LogP contribution in [0.2, 0.25) is 0 Å². The molecule has 0 bridgehead atoms. The van der Waals surface area contributed by atoms with Crippen LogP contribution in [0.25, 0.3) is 0 Å². The van der Waals surface area contributed by atoms with Gasteiger partial charge < -0.3 is 20.2 Å². The Morgan fingerprint density at radius 1 is 1.47 bits per heavy atom. The summed E-state index contributed by atoms with van der Waals surface area (Å²) in [5.41, 5.74) is 0. The number of carboxylic acids is 1. The first-order valence-corrected chi connectivity index (χ1v) is 6.90. The number of likely N-dealkylation sites (N-methyl/N-ethyl adjacent to an activating group) is 1. The number of urea groups is 1. The molecule has 6 nitrogen and oxygen atoms in total. The van der Waals surface area contributed by atoms with Crippen LogP contribution < -0.4 is 5.32 Å². The average molecular weight is 271 g/mol. The van der Waals surface area contributed by atoms with Gasteiger partial charge in [-0.25, -0.2) is 9.59 Å². The number of nitrogens with zero attached hydrogens (tertiary/aromatic N) is 2. The van der Waals surface area contributed by atoms with Crippen LogP contribution in [0.1, 0.15) is 32.6 Å². The highest BCUT2D eigenvalue weighted by molar-refractivity contribution is 5.82. The van der Waals surface area contributed by atoms with Crippen molar-refractivity contribution in [2.24, 2.45) is 0 Å². The molecule has 6 heteroatoms. The normalized spacial score (nSPS) is 21.3. The second-order valence-corrected chi connectivity index (χ2v) is 5.33. The first kappa shape index (κ1) is 15.8. The van der Waals surface area contributed by atoms with Crippen molar-refractivity contribution >= 4 is 12.0 Å². The molecule has 1 aliphatic rings. The molecular weight excluding hydrogens is 246 g/mol. The molecular formula is C13H25N3O3. The summed E-state index contributed by atoms with van der Waals surface area (Å²) in [5.74, 6) is -0.962. The lowest BCUT2D eigenvalue weighted by atomic mass is 10.1. The Kier molecular flexibility index (Phi) is 6.08. The van der Waals surface area contributed by atoms with E-state index in [0.717, 1.165) is 19.3 Å². The molecule has 0 aromatic rings. The number of carbonyl (C=O) groups is 2. The van der Waals surface area contributed by atoms with Crippen molar-refractivity contribution in [1.82, 2.24) is 15.1 Å². The number of carboxylic acid groups (broad SMARTS) is 1. The molecule has 0 aromatic carbocycles. The van der Waals surface area contributed by atoms with Gasteiger partial charge >= 0.3 is 12.0 Å². The number of amides is 2. The van der Waals surface area contributed by atoms with E-state index in [1.807, 2.05) is 21.0 Å². The average Bonchev–Trinajstić information content (AvgIpc) is 2.38. The highest BCUT2D eigenvalue weighted by Gasteiger charge is 2.27. The lowest BCUT2D eigenvalue weighted by Crippen LogP contribution is -2.53. The summed E-state index contributed by atoms with van der Waals surface area (Å²) in [6.07, 6.45) is 3.24. The SMILES string of the molecule is CCCC(NC(=O)N1CCCC(N(C)C)C1)C(=O)O. The molecule has 1 aliphatic heterocycles. The second kappa shape index (κ2) is 7.33. The molecule has 1 fully saturated rings. The molecule has 2 amide bonds. The maximum atomic E-state index is 12.1. The molecule has 0 spiro atoms. The monoisotopic (exact) mass is 271 g/mol. The van der Waals surface area contributed by atoms with Crippen LogP contribution in [0.15, 0.2) is 0 Å². The molecule has 0 aliphatic carbocycles. The Morgan fingerprint density at radius 2 is 2.16 bits per heavy atom. The summed E-state index contributed by atoms with van der Waals surface area (Å²) in [7, 11) is 4.01. The lowest BCUT2D eigenvalue weighted by Gasteiger charge is -2.36. The zero-order chi connectivity index (χ0) is 14.4. The molecule has 1 rings (SSSR count). The maximum Gasteiger partial charge on any atom is 0.326 e. The van der Waals surface area contributed by atoms with Crippen molar-refractivity contribution in [3.8, 4) is 0 Å². The molecule has 19 heavy (non-hydrogen) atoms. The van der Waals surface area contributed by atoms with Gasteiger partial charge in [-0.1, -0.05) is 13.3 Å². The molecule has 0 radical (unpaired) electrons. The minimum atomic E-state index is -0.962. The minimum absolute atomic E-state index is 0.257. The van der Waals surface area contributed by atoms with Crippen LogP contribution in [-0.4, -0.2) is 66.2 Å². The van der Waals surface area contributed by atoms with Gasteiger partial charge in [0.25, 0.3) is 0 Å². The Bertz CT molecular complexity index is 320. The third-order valence-electron chi connectivity index (χ3n) is 3.59. The smallest absolute Gasteiger partial charge is 0.326 e. The number of hydrogen-bond donors (Lipinski definition) is 2. The van der Waals surface area contributed by atoms with Gasteiger partial charge in [0, 0.05) is 19.1 Å². The zero-order valence-electron chi connectivity index (χ0n) is 12.1. The van der Waals surface area contributed by atoms with E-state index >= 15 is 0 Å². The van der Waals surface area contributed by atoms with Crippen molar-refractivity contribution in [1.29, 1.82) is 0 Å². The van der Waals surface area contributed by atoms with E-state index in [9.17, 15) is 9.59 Å². The van der Waals surface area contributed by atoms with Crippen molar-refractivity contribution < 1.29 is 14.7 Å². The molecule has 0 aromatic heterocycles. The standard InChI is InChI=1S/C13H25N3O3/c1-4-6-11(12(17)18)14-13(19)16-8-5-7-10(9-16)15(2)3/h10-11H,4-9H2,1-3H3,(H,14,19)(H,17,18). The Hall–Kier alpha value is -1.30. The van der Waals surface area contributed by atoms with Crippen LogP contribution in [0.5, 0.6) is 0 Å². The van der Waals surface area contributed by atoms with E-state index in [0.29, 0.717) is 25.6 Å². The quantitative estimate of drug-likeness (QED) is 0.781. The van der Waals surface area contributed by atoms with Crippen LogP contribution in [-0.2, 0) is 4.79 Å². The molecule has 0 saturated carbocycles. The van der Waals surface area contributed by atoms with E-state index < -0.39 is 12.0 Å². The third kappa shape index (κ3) is 4.70. The molecule has 1 saturated heterocycles. The first-order valence-electron chi connectivity index (χ1n) is 6.90. The van der Waals surface area contributed by atoms with Gasteiger partial charge in [-0.2, -0.15) is 0 Å². The Labute approximate surface area is 114 Å². The van der Waals surface area contributed by atoms with E-state index in [2.05, 4.69) is 10.2 Å². The number of hydrogen-bond acceptors (Lipinski definition) is 3. The summed E-state index contributed by atoms with van der Waals surface area (Å²) in [4.78, 5) is 27.0. The van der Waals surface area contributed by atoms with E-state index in [-0.39, 0.29) is 6.03 Å². The number of aliphatic carboxylic acids is 1. The Morgan fingerprint density at radius 3 is 2.68 bits per heavy atom. The molecule has 110 valence electrons. The largest absolute Gasteiger partial charge is 0.480 e. The van der Waals surface area contributed by atoms with E-state index in [1.165, 1.54) is 0 Å². The van der Waals surface area contributed by atoms with Crippen LogP contribution in [0.3, 0.4) is 0 Å². The van der Waals surface area contributed by atoms with Crippen LogP contribution in [0, 0.1) is 0 Å². The zero-order valence-corrected chi connectivity index (χ0v) is 12.1. The van der Waals surface area contributed by atoms with E-state index in [4.69, 9.17) is 5.11 Å². The van der Waals surface area contributed by atoms with Gasteiger partial charge in [0.1, 0.15) is 6.04 Å². The van der Waals surface area contributed by atoms with Gasteiger partial charge in [-0.3, -0.25) is 0 Å². The molecule has 1 heterocycles. The van der Waals surface area contributed by atoms with Crippen molar-refractivity contribution in [3.05, 3.63) is 0 Å².